The van der Waals surface area contributed by atoms with Crippen molar-refractivity contribution < 1.29 is 14.3 Å². The summed E-state index contributed by atoms with van der Waals surface area (Å²) in [5.41, 5.74) is 0. The molecule has 2 amide bonds. The van der Waals surface area contributed by atoms with E-state index in [0.29, 0.717) is 38.3 Å². The SMILES string of the molecule is CCC(=O)N1CCN(C(=O)COc2ccccc2)CC1. The van der Waals surface area contributed by atoms with Crippen molar-refractivity contribution in [3.63, 3.8) is 0 Å². The maximum absolute atomic E-state index is 12.0. The number of piperazine rings is 1. The van der Waals surface area contributed by atoms with Crippen molar-refractivity contribution in [3.05, 3.63) is 30.3 Å². The summed E-state index contributed by atoms with van der Waals surface area (Å²) < 4.78 is 5.44. The van der Waals surface area contributed by atoms with Gasteiger partial charge in [0.25, 0.3) is 5.91 Å². The van der Waals surface area contributed by atoms with Gasteiger partial charge < -0.3 is 14.5 Å². The van der Waals surface area contributed by atoms with Gasteiger partial charge >= 0.3 is 0 Å². The summed E-state index contributed by atoms with van der Waals surface area (Å²) in [6.07, 6.45) is 0.519. The monoisotopic (exact) mass is 276 g/mol. The molecule has 0 aromatic heterocycles. The molecule has 0 saturated carbocycles. The van der Waals surface area contributed by atoms with Crippen LogP contribution in [-0.2, 0) is 9.59 Å². The Balaban J connectivity index is 1.76. The first-order valence-corrected chi connectivity index (χ1v) is 6.94. The number of amides is 2. The Bertz CT molecular complexity index is 453. The van der Waals surface area contributed by atoms with Crippen LogP contribution in [0.5, 0.6) is 5.75 Å². The molecule has 1 aliphatic heterocycles. The van der Waals surface area contributed by atoms with Gasteiger partial charge in [-0.2, -0.15) is 0 Å². The lowest BCUT2D eigenvalue weighted by molar-refractivity contribution is -0.140. The smallest absolute Gasteiger partial charge is 0.260 e. The zero-order valence-corrected chi connectivity index (χ0v) is 11.7. The van der Waals surface area contributed by atoms with Crippen LogP contribution in [0, 0.1) is 0 Å². The van der Waals surface area contributed by atoms with E-state index in [9.17, 15) is 9.59 Å². The number of nitrogens with zero attached hydrogens (tertiary/aromatic N) is 2. The van der Waals surface area contributed by atoms with E-state index in [1.807, 2.05) is 42.2 Å². The van der Waals surface area contributed by atoms with Crippen molar-refractivity contribution in [2.45, 2.75) is 13.3 Å². The topological polar surface area (TPSA) is 49.9 Å². The summed E-state index contributed by atoms with van der Waals surface area (Å²) in [6.45, 7) is 4.30. The summed E-state index contributed by atoms with van der Waals surface area (Å²) >= 11 is 0. The highest BCUT2D eigenvalue weighted by Gasteiger charge is 2.23. The standard InChI is InChI=1S/C15H20N2O3/c1-2-14(18)16-8-10-17(11-9-16)15(19)12-20-13-6-4-3-5-7-13/h3-7H,2,8-12H2,1H3. The summed E-state index contributed by atoms with van der Waals surface area (Å²) in [6, 6.07) is 9.29. The molecule has 0 atom stereocenters. The second-order valence-corrected chi connectivity index (χ2v) is 4.72. The van der Waals surface area contributed by atoms with E-state index in [-0.39, 0.29) is 18.4 Å². The first-order chi connectivity index (χ1) is 9.70. The van der Waals surface area contributed by atoms with Crippen molar-refractivity contribution >= 4 is 11.8 Å². The number of rotatable bonds is 4. The van der Waals surface area contributed by atoms with Gasteiger partial charge in [0.15, 0.2) is 6.61 Å². The highest BCUT2D eigenvalue weighted by atomic mass is 16.5. The first-order valence-electron chi connectivity index (χ1n) is 6.94. The van der Waals surface area contributed by atoms with Crippen LogP contribution >= 0.6 is 0 Å². The van der Waals surface area contributed by atoms with Gasteiger partial charge in [0.05, 0.1) is 0 Å². The van der Waals surface area contributed by atoms with E-state index < -0.39 is 0 Å². The van der Waals surface area contributed by atoms with E-state index in [2.05, 4.69) is 0 Å². The molecular weight excluding hydrogens is 256 g/mol. The van der Waals surface area contributed by atoms with Crippen LogP contribution in [0.15, 0.2) is 30.3 Å². The lowest BCUT2D eigenvalue weighted by Crippen LogP contribution is -2.51. The molecule has 1 heterocycles. The Hall–Kier alpha value is -2.04. The maximum atomic E-state index is 12.0. The minimum atomic E-state index is -0.0301. The van der Waals surface area contributed by atoms with Gasteiger partial charge in [-0.25, -0.2) is 0 Å². The fourth-order valence-electron chi connectivity index (χ4n) is 2.18. The zero-order chi connectivity index (χ0) is 14.4. The van der Waals surface area contributed by atoms with Crippen LogP contribution in [0.4, 0.5) is 0 Å². The number of benzene rings is 1. The zero-order valence-electron chi connectivity index (χ0n) is 11.7. The van der Waals surface area contributed by atoms with Gasteiger partial charge in [-0.15, -0.1) is 0 Å². The molecule has 20 heavy (non-hydrogen) atoms. The van der Waals surface area contributed by atoms with Gasteiger partial charge in [-0.05, 0) is 12.1 Å². The molecule has 1 fully saturated rings. The van der Waals surface area contributed by atoms with Gasteiger partial charge in [-0.1, -0.05) is 25.1 Å². The molecule has 0 radical (unpaired) electrons. The molecule has 0 bridgehead atoms. The minimum absolute atomic E-state index is 0.0301. The number of carbonyl (C=O) groups excluding carboxylic acids is 2. The quantitative estimate of drug-likeness (QED) is 0.829. The van der Waals surface area contributed by atoms with Gasteiger partial charge in [0.1, 0.15) is 5.75 Å². The van der Waals surface area contributed by atoms with E-state index in [4.69, 9.17) is 4.74 Å². The van der Waals surface area contributed by atoms with Crippen molar-refractivity contribution in [1.29, 1.82) is 0 Å². The van der Waals surface area contributed by atoms with E-state index in [0.717, 1.165) is 0 Å². The predicted molar refractivity (Wildman–Crippen MR) is 75.4 cm³/mol. The van der Waals surface area contributed by atoms with Crippen LogP contribution in [-0.4, -0.2) is 54.4 Å². The van der Waals surface area contributed by atoms with E-state index in [1.165, 1.54) is 0 Å². The summed E-state index contributed by atoms with van der Waals surface area (Å²) in [5.74, 6) is 0.815. The number of hydrogen-bond acceptors (Lipinski definition) is 3. The van der Waals surface area contributed by atoms with Crippen LogP contribution in [0.2, 0.25) is 0 Å². The average Bonchev–Trinajstić information content (AvgIpc) is 2.53. The number of carbonyl (C=O) groups is 2. The first kappa shape index (κ1) is 14.4. The Morgan fingerprint density at radius 1 is 1.00 bits per heavy atom. The van der Waals surface area contributed by atoms with Gasteiger partial charge in [-0.3, -0.25) is 9.59 Å². The number of ether oxygens (including phenoxy) is 1. The van der Waals surface area contributed by atoms with Crippen molar-refractivity contribution in [1.82, 2.24) is 9.80 Å². The van der Waals surface area contributed by atoms with E-state index in [1.54, 1.807) is 4.90 Å². The Morgan fingerprint density at radius 2 is 1.55 bits per heavy atom. The highest BCUT2D eigenvalue weighted by molar-refractivity contribution is 5.79. The van der Waals surface area contributed by atoms with Crippen LogP contribution < -0.4 is 4.74 Å². The molecule has 0 spiro atoms. The van der Waals surface area contributed by atoms with Crippen molar-refractivity contribution in [3.8, 4) is 5.75 Å². The summed E-state index contributed by atoms with van der Waals surface area (Å²) in [5, 5.41) is 0. The fraction of sp³-hybridized carbons (Fsp3) is 0.467. The Labute approximate surface area is 119 Å². The average molecular weight is 276 g/mol. The van der Waals surface area contributed by atoms with Crippen LogP contribution in [0.3, 0.4) is 0 Å². The molecular formula is C15H20N2O3. The lowest BCUT2D eigenvalue weighted by Gasteiger charge is -2.34. The third-order valence-electron chi connectivity index (χ3n) is 3.39. The minimum Gasteiger partial charge on any atom is -0.484 e. The molecule has 0 aliphatic carbocycles. The summed E-state index contributed by atoms with van der Waals surface area (Å²) in [4.78, 5) is 27.1. The maximum Gasteiger partial charge on any atom is 0.260 e. The Kier molecular flexibility index (Phi) is 4.98. The molecule has 1 saturated heterocycles. The molecule has 1 aromatic carbocycles. The second-order valence-electron chi connectivity index (χ2n) is 4.72. The lowest BCUT2D eigenvalue weighted by atomic mass is 10.3. The third kappa shape index (κ3) is 3.73. The molecule has 108 valence electrons. The predicted octanol–water partition coefficient (Wildman–Crippen LogP) is 1.15. The number of hydrogen-bond donors (Lipinski definition) is 0. The van der Waals surface area contributed by atoms with E-state index >= 15 is 0 Å². The fourth-order valence-corrected chi connectivity index (χ4v) is 2.18. The van der Waals surface area contributed by atoms with Crippen molar-refractivity contribution in [2.24, 2.45) is 0 Å². The molecule has 1 aromatic rings. The second kappa shape index (κ2) is 6.93. The Morgan fingerprint density at radius 3 is 2.10 bits per heavy atom. The molecule has 5 heteroatoms. The highest BCUT2D eigenvalue weighted by Crippen LogP contribution is 2.09. The largest absolute Gasteiger partial charge is 0.484 e. The summed E-state index contributed by atoms with van der Waals surface area (Å²) in [7, 11) is 0. The molecule has 2 rings (SSSR count). The molecule has 1 aliphatic rings. The van der Waals surface area contributed by atoms with Crippen LogP contribution in [0.1, 0.15) is 13.3 Å². The molecule has 0 unspecified atom stereocenters. The third-order valence-corrected chi connectivity index (χ3v) is 3.39. The molecule has 0 N–H and O–H groups in total. The van der Waals surface area contributed by atoms with Gasteiger partial charge in [0.2, 0.25) is 5.91 Å². The molecule has 5 nitrogen and oxygen atoms in total. The van der Waals surface area contributed by atoms with Gasteiger partial charge in [0, 0.05) is 32.6 Å². The normalized spacial score (nSPS) is 15.1. The van der Waals surface area contributed by atoms with Crippen LogP contribution in [0.25, 0.3) is 0 Å². The van der Waals surface area contributed by atoms with Crippen molar-refractivity contribution in [2.75, 3.05) is 32.8 Å². The number of para-hydroxylation sites is 1.